The number of pyridine rings is 1. The lowest BCUT2D eigenvalue weighted by atomic mass is 9.81. The van der Waals surface area contributed by atoms with E-state index in [-0.39, 0.29) is 24.3 Å². The highest BCUT2D eigenvalue weighted by molar-refractivity contribution is 6.31. The zero-order valence-electron chi connectivity index (χ0n) is 21.3. The van der Waals surface area contributed by atoms with E-state index in [1.165, 1.54) is 9.80 Å². The van der Waals surface area contributed by atoms with Gasteiger partial charge in [-0.1, -0.05) is 30.7 Å². The molecule has 0 spiro atoms. The van der Waals surface area contributed by atoms with Gasteiger partial charge in [0.05, 0.1) is 5.92 Å². The van der Waals surface area contributed by atoms with Gasteiger partial charge < -0.3 is 10.8 Å². The molecule has 1 saturated heterocycles. The number of likely N-dealkylation sites (N-methyl/N-ethyl adjacent to an activating group) is 1. The summed E-state index contributed by atoms with van der Waals surface area (Å²) in [5.41, 5.74) is 8.43. The Morgan fingerprint density at radius 2 is 2.05 bits per heavy atom. The molecule has 3 heterocycles. The van der Waals surface area contributed by atoms with Crippen LogP contribution in [0.15, 0.2) is 48.8 Å². The molecular weight excluding hydrogens is 494 g/mol. The van der Waals surface area contributed by atoms with Gasteiger partial charge in [0.1, 0.15) is 11.9 Å². The van der Waals surface area contributed by atoms with Crippen molar-refractivity contribution in [3.8, 4) is 0 Å². The summed E-state index contributed by atoms with van der Waals surface area (Å²) in [5, 5.41) is 19.2. The molecule has 4 N–H and O–H groups in total. The van der Waals surface area contributed by atoms with Crippen LogP contribution in [0.4, 0.5) is 11.6 Å². The van der Waals surface area contributed by atoms with E-state index < -0.39 is 18.3 Å². The van der Waals surface area contributed by atoms with Crippen LogP contribution >= 0.6 is 11.6 Å². The molecule has 10 nitrogen and oxygen atoms in total. The number of β-lactam (4-membered cyclic amide) rings is 1. The number of nitrogens with zero attached hydrogens (tertiary/aromatic N) is 5. The van der Waals surface area contributed by atoms with Gasteiger partial charge in [0.2, 0.25) is 5.91 Å². The maximum Gasteiger partial charge on any atom is 0.251 e. The molecule has 0 radical (unpaired) electrons. The number of aliphatic hydroxyl groups excluding tert-OH is 1. The zero-order valence-corrected chi connectivity index (χ0v) is 22.1. The zero-order chi connectivity index (χ0) is 26.9. The van der Waals surface area contributed by atoms with Crippen molar-refractivity contribution >= 4 is 35.1 Å². The van der Waals surface area contributed by atoms with Crippen LogP contribution in [-0.2, 0) is 23.1 Å². The summed E-state index contributed by atoms with van der Waals surface area (Å²) in [6.45, 7) is 3.88. The molecule has 2 amide bonds. The number of likely N-dealkylation sites (tertiary alicyclic amines) is 1. The number of nitrogens with one attached hydrogen (secondary N) is 1. The number of hydrogen-bond donors (Lipinski definition) is 3. The molecule has 1 aliphatic heterocycles. The highest BCUT2D eigenvalue weighted by Crippen LogP contribution is 2.34. The number of aryl methyl sites for hydroxylation is 2. The highest BCUT2D eigenvalue weighted by Gasteiger charge is 2.55. The van der Waals surface area contributed by atoms with Crippen LogP contribution < -0.4 is 16.0 Å². The molecule has 3 aromatic rings. The molecule has 1 aromatic carbocycles. The number of nitrogens with two attached hydrogens (primary N) is 1. The fraction of sp³-hybridized carbons (Fsp3) is 0.385. The fourth-order valence-corrected chi connectivity index (χ4v) is 4.83. The van der Waals surface area contributed by atoms with E-state index in [0.29, 0.717) is 23.1 Å². The van der Waals surface area contributed by atoms with Crippen molar-refractivity contribution in [2.24, 2.45) is 13.0 Å². The molecule has 196 valence electrons. The Morgan fingerprint density at radius 1 is 1.30 bits per heavy atom. The van der Waals surface area contributed by atoms with Gasteiger partial charge in [-0.25, -0.2) is 4.98 Å². The maximum atomic E-state index is 13.7. The van der Waals surface area contributed by atoms with E-state index in [1.54, 1.807) is 49.4 Å². The van der Waals surface area contributed by atoms with Crippen LogP contribution in [0.2, 0.25) is 5.02 Å². The Balaban J connectivity index is 1.59. The predicted octanol–water partition coefficient (Wildman–Crippen LogP) is 2.41. The second-order valence-electron chi connectivity index (χ2n) is 9.34. The van der Waals surface area contributed by atoms with Crippen molar-refractivity contribution < 1.29 is 14.7 Å². The van der Waals surface area contributed by atoms with E-state index in [0.717, 1.165) is 16.7 Å². The largest absolute Gasteiger partial charge is 0.384 e. The second-order valence-corrected chi connectivity index (χ2v) is 9.75. The van der Waals surface area contributed by atoms with E-state index in [1.807, 2.05) is 32.0 Å². The van der Waals surface area contributed by atoms with E-state index in [4.69, 9.17) is 17.3 Å². The first kappa shape index (κ1) is 26.6. The van der Waals surface area contributed by atoms with E-state index in [9.17, 15) is 14.7 Å². The SMILES string of the molecule is CC[C@@H](NC(O)N1C(=O)[C@H](Cc2ccnc(N)c2)[C@H]1C(=O)N(C)c1ccn(C)n1)c1ccc(C)c(Cl)c1. The number of aromatic nitrogens is 3. The fourth-order valence-electron chi connectivity index (χ4n) is 4.64. The monoisotopic (exact) mass is 525 g/mol. The third-order valence-electron chi connectivity index (χ3n) is 6.80. The van der Waals surface area contributed by atoms with E-state index in [2.05, 4.69) is 15.4 Å². The number of anilines is 2. The van der Waals surface area contributed by atoms with Crippen LogP contribution in [0.25, 0.3) is 0 Å². The highest BCUT2D eigenvalue weighted by atomic mass is 35.5. The number of nitrogen functional groups attached to an aromatic ring is 1. The molecule has 37 heavy (non-hydrogen) atoms. The summed E-state index contributed by atoms with van der Waals surface area (Å²) in [7, 11) is 3.36. The number of halogens is 1. The number of aliphatic hydroxyl groups is 1. The number of hydrogen-bond acceptors (Lipinski definition) is 7. The molecule has 1 aliphatic rings. The van der Waals surface area contributed by atoms with Gasteiger partial charge in [0.25, 0.3) is 5.91 Å². The first-order chi connectivity index (χ1) is 17.6. The summed E-state index contributed by atoms with van der Waals surface area (Å²) < 4.78 is 1.59. The van der Waals surface area contributed by atoms with Gasteiger partial charge in [-0.05, 0) is 54.7 Å². The number of rotatable bonds is 9. The average molecular weight is 526 g/mol. The average Bonchev–Trinajstić information content (AvgIpc) is 3.31. The van der Waals surface area contributed by atoms with Gasteiger partial charge in [-0.15, -0.1) is 0 Å². The minimum absolute atomic E-state index is 0.284. The third kappa shape index (κ3) is 5.46. The van der Waals surface area contributed by atoms with Crippen LogP contribution in [0.1, 0.15) is 36.1 Å². The minimum Gasteiger partial charge on any atom is -0.384 e. The lowest BCUT2D eigenvalue weighted by Gasteiger charge is -2.49. The van der Waals surface area contributed by atoms with Gasteiger partial charge in [0.15, 0.2) is 12.2 Å². The number of benzene rings is 1. The standard InChI is InChI=1S/C26H32ClN7O3/c1-5-20(17-7-6-15(2)19(27)14-17)30-26(37)34-23(25(36)33(4)22-9-11-32(3)31-22)18(24(34)35)12-16-8-10-29-21(28)13-16/h6-11,13-14,18,20,23,26,30,37H,5,12H2,1-4H3,(H2,28,29)/t18-,20-,23+,26?/m1/s1. The van der Waals surface area contributed by atoms with Crippen LogP contribution in [0, 0.1) is 12.8 Å². The molecule has 4 atom stereocenters. The van der Waals surface area contributed by atoms with Crippen molar-refractivity contribution in [1.29, 1.82) is 0 Å². The van der Waals surface area contributed by atoms with Crippen LogP contribution in [0.5, 0.6) is 0 Å². The lowest BCUT2D eigenvalue weighted by Crippen LogP contribution is -2.72. The maximum absolute atomic E-state index is 13.7. The third-order valence-corrected chi connectivity index (χ3v) is 7.21. The second kappa shape index (κ2) is 10.9. The van der Waals surface area contributed by atoms with Crippen molar-refractivity contribution in [1.82, 2.24) is 25.0 Å². The van der Waals surface area contributed by atoms with Crippen molar-refractivity contribution in [3.05, 3.63) is 70.5 Å². The molecule has 1 unspecified atom stereocenters. The Hall–Kier alpha value is -3.47. The van der Waals surface area contributed by atoms with Gasteiger partial charge in [-0.2, -0.15) is 5.10 Å². The van der Waals surface area contributed by atoms with Gasteiger partial charge >= 0.3 is 0 Å². The Morgan fingerprint density at radius 3 is 2.68 bits per heavy atom. The lowest BCUT2D eigenvalue weighted by molar-refractivity contribution is -0.183. The minimum atomic E-state index is -1.39. The number of amides is 2. The van der Waals surface area contributed by atoms with Crippen molar-refractivity contribution in [2.75, 3.05) is 17.7 Å². The molecule has 11 heteroatoms. The molecule has 0 aliphatic carbocycles. The number of carbonyl (C=O) groups is 2. The molecular formula is C26H32ClN7O3. The first-order valence-corrected chi connectivity index (χ1v) is 12.5. The summed E-state index contributed by atoms with van der Waals surface area (Å²) in [5.74, 6) is -0.580. The molecule has 2 aromatic heterocycles. The summed E-state index contributed by atoms with van der Waals surface area (Å²) in [6.07, 6.45) is 2.82. The first-order valence-electron chi connectivity index (χ1n) is 12.1. The topological polar surface area (TPSA) is 130 Å². The number of carbonyl (C=O) groups excluding carboxylic acids is 2. The van der Waals surface area contributed by atoms with E-state index >= 15 is 0 Å². The van der Waals surface area contributed by atoms with Gasteiger partial charge in [0, 0.05) is 43.6 Å². The Bertz CT molecular complexity index is 1300. The van der Waals surface area contributed by atoms with Crippen molar-refractivity contribution in [3.63, 3.8) is 0 Å². The molecule has 0 bridgehead atoms. The normalized spacial score (nSPS) is 18.9. The summed E-state index contributed by atoms with van der Waals surface area (Å²) in [4.78, 5) is 33.6. The van der Waals surface area contributed by atoms with Crippen LogP contribution in [0.3, 0.4) is 0 Å². The predicted molar refractivity (Wildman–Crippen MR) is 141 cm³/mol. The summed E-state index contributed by atoms with van der Waals surface area (Å²) >= 11 is 6.32. The Labute approximate surface area is 221 Å². The smallest absolute Gasteiger partial charge is 0.251 e. The Kier molecular flexibility index (Phi) is 7.82. The van der Waals surface area contributed by atoms with Gasteiger partial charge in [-0.3, -0.25) is 29.4 Å². The molecule has 0 saturated carbocycles. The molecule has 1 fully saturated rings. The van der Waals surface area contributed by atoms with Crippen molar-refractivity contribution in [2.45, 2.75) is 45.1 Å². The summed E-state index contributed by atoms with van der Waals surface area (Å²) in [6, 6.07) is 9.65. The van der Waals surface area contributed by atoms with Crippen LogP contribution in [-0.4, -0.2) is 56.0 Å². The molecule has 4 rings (SSSR count). The quantitative estimate of drug-likeness (QED) is 0.289.